The van der Waals surface area contributed by atoms with Crippen molar-refractivity contribution in [3.05, 3.63) is 29.2 Å². The largest absolute Gasteiger partial charge is 0.458 e. The predicted octanol–water partition coefficient (Wildman–Crippen LogP) is 2.55. The van der Waals surface area contributed by atoms with Crippen LogP contribution < -0.4 is 5.32 Å². The van der Waals surface area contributed by atoms with Crippen LogP contribution in [0.2, 0.25) is 0 Å². The zero-order chi connectivity index (χ0) is 13.2. The van der Waals surface area contributed by atoms with Crippen LogP contribution in [0.4, 0.5) is 5.82 Å². The molecule has 1 aliphatic rings. The molecule has 1 N–H and O–H groups in total. The standard InChI is InChI=1S/C14H17N3O2/c1-3-15-13-10-8-18-7-6-11(10)16-14(17-13)12-5-4-9(2)19-12/h4-5H,3,6-8H2,1-2H3,(H,15,16,17). The number of furan rings is 1. The maximum Gasteiger partial charge on any atom is 0.197 e. The number of nitrogens with one attached hydrogen (secondary N) is 1. The minimum Gasteiger partial charge on any atom is -0.458 e. The molecule has 0 radical (unpaired) electrons. The summed E-state index contributed by atoms with van der Waals surface area (Å²) in [7, 11) is 0. The Morgan fingerprint density at radius 2 is 2.21 bits per heavy atom. The van der Waals surface area contributed by atoms with Gasteiger partial charge in [-0.3, -0.25) is 0 Å². The summed E-state index contributed by atoms with van der Waals surface area (Å²) in [5.41, 5.74) is 2.13. The molecule has 1 aliphatic heterocycles. The third-order valence-electron chi connectivity index (χ3n) is 3.13. The van der Waals surface area contributed by atoms with E-state index in [9.17, 15) is 0 Å². The first-order valence-electron chi connectivity index (χ1n) is 6.56. The molecule has 0 unspecified atom stereocenters. The fourth-order valence-electron chi connectivity index (χ4n) is 2.21. The molecule has 3 rings (SSSR count). The Labute approximate surface area is 112 Å². The van der Waals surface area contributed by atoms with Crippen LogP contribution in [0.15, 0.2) is 16.5 Å². The average molecular weight is 259 g/mol. The molecular weight excluding hydrogens is 242 g/mol. The fourth-order valence-corrected chi connectivity index (χ4v) is 2.21. The Morgan fingerprint density at radius 1 is 1.32 bits per heavy atom. The minimum absolute atomic E-state index is 0.579. The van der Waals surface area contributed by atoms with Crippen molar-refractivity contribution in [1.29, 1.82) is 0 Å². The van der Waals surface area contributed by atoms with Crippen LogP contribution in [-0.4, -0.2) is 23.1 Å². The highest BCUT2D eigenvalue weighted by Gasteiger charge is 2.19. The van der Waals surface area contributed by atoms with Gasteiger partial charge in [-0.1, -0.05) is 0 Å². The molecule has 5 nitrogen and oxygen atoms in total. The topological polar surface area (TPSA) is 60.2 Å². The number of aryl methyl sites for hydroxylation is 1. The lowest BCUT2D eigenvalue weighted by molar-refractivity contribution is 0.109. The fraction of sp³-hybridized carbons (Fsp3) is 0.429. The molecule has 2 aromatic heterocycles. The molecule has 0 spiro atoms. The molecule has 5 heteroatoms. The van der Waals surface area contributed by atoms with Gasteiger partial charge in [-0.2, -0.15) is 0 Å². The van der Waals surface area contributed by atoms with Gasteiger partial charge in [-0.05, 0) is 26.0 Å². The number of fused-ring (bicyclic) bond motifs is 1. The number of nitrogens with zero attached hydrogens (tertiary/aromatic N) is 2. The van der Waals surface area contributed by atoms with Crippen LogP contribution in [0.1, 0.15) is 23.9 Å². The van der Waals surface area contributed by atoms with E-state index >= 15 is 0 Å². The molecular formula is C14H17N3O2. The number of hydrogen-bond donors (Lipinski definition) is 1. The number of rotatable bonds is 3. The van der Waals surface area contributed by atoms with Crippen LogP contribution in [0.25, 0.3) is 11.6 Å². The molecule has 0 atom stereocenters. The number of hydrogen-bond acceptors (Lipinski definition) is 5. The quantitative estimate of drug-likeness (QED) is 0.917. The Kier molecular flexibility index (Phi) is 3.21. The summed E-state index contributed by atoms with van der Waals surface area (Å²) in [6.07, 6.45) is 0.822. The van der Waals surface area contributed by atoms with Crippen LogP contribution in [-0.2, 0) is 17.8 Å². The maximum absolute atomic E-state index is 5.61. The highest BCUT2D eigenvalue weighted by atomic mass is 16.5. The first-order chi connectivity index (χ1) is 9.28. The van der Waals surface area contributed by atoms with Crippen molar-refractivity contribution in [1.82, 2.24) is 9.97 Å². The van der Waals surface area contributed by atoms with Crippen LogP contribution >= 0.6 is 0 Å². The molecule has 3 heterocycles. The number of anilines is 1. The van der Waals surface area contributed by atoms with Crippen molar-refractivity contribution >= 4 is 5.82 Å². The SMILES string of the molecule is CCNc1nc(-c2ccc(C)o2)nc2c1COCC2. The second-order valence-electron chi connectivity index (χ2n) is 4.56. The molecule has 0 aromatic carbocycles. The average Bonchev–Trinajstić information content (AvgIpc) is 2.86. The Bertz CT molecular complexity index is 592. The van der Waals surface area contributed by atoms with E-state index in [4.69, 9.17) is 9.15 Å². The van der Waals surface area contributed by atoms with Crippen LogP contribution in [0, 0.1) is 6.92 Å². The molecule has 0 aliphatic carbocycles. The van der Waals surface area contributed by atoms with E-state index in [2.05, 4.69) is 22.2 Å². The van der Waals surface area contributed by atoms with E-state index in [1.165, 1.54) is 0 Å². The Hall–Kier alpha value is -1.88. The van der Waals surface area contributed by atoms with Gasteiger partial charge >= 0.3 is 0 Å². The molecule has 19 heavy (non-hydrogen) atoms. The van der Waals surface area contributed by atoms with Gasteiger partial charge in [-0.15, -0.1) is 0 Å². The van der Waals surface area contributed by atoms with Gasteiger partial charge in [0, 0.05) is 18.5 Å². The lowest BCUT2D eigenvalue weighted by atomic mass is 10.1. The molecule has 2 aromatic rings. The van der Waals surface area contributed by atoms with Crippen molar-refractivity contribution < 1.29 is 9.15 Å². The molecule has 100 valence electrons. The summed E-state index contributed by atoms with van der Waals surface area (Å²) in [6.45, 7) is 6.08. The summed E-state index contributed by atoms with van der Waals surface area (Å²) in [4.78, 5) is 9.18. The third kappa shape index (κ3) is 2.33. The van der Waals surface area contributed by atoms with E-state index in [-0.39, 0.29) is 0 Å². The Balaban J connectivity index is 2.08. The van der Waals surface area contributed by atoms with Gasteiger partial charge in [0.25, 0.3) is 0 Å². The summed E-state index contributed by atoms with van der Waals surface area (Å²) in [6, 6.07) is 3.83. The van der Waals surface area contributed by atoms with E-state index in [0.717, 1.165) is 35.8 Å². The first kappa shape index (κ1) is 12.2. The van der Waals surface area contributed by atoms with Gasteiger partial charge in [-0.25, -0.2) is 9.97 Å². The summed E-state index contributed by atoms with van der Waals surface area (Å²) >= 11 is 0. The highest BCUT2D eigenvalue weighted by Crippen LogP contribution is 2.26. The normalized spacial score (nSPS) is 14.2. The van der Waals surface area contributed by atoms with E-state index in [0.29, 0.717) is 24.8 Å². The molecule has 0 fully saturated rings. The summed E-state index contributed by atoms with van der Waals surface area (Å²) in [5, 5.41) is 3.28. The molecule has 0 saturated heterocycles. The predicted molar refractivity (Wildman–Crippen MR) is 72.0 cm³/mol. The van der Waals surface area contributed by atoms with Crippen molar-refractivity contribution in [3.8, 4) is 11.6 Å². The van der Waals surface area contributed by atoms with E-state index in [1.807, 2.05) is 19.1 Å². The first-order valence-corrected chi connectivity index (χ1v) is 6.56. The van der Waals surface area contributed by atoms with Gasteiger partial charge in [0.1, 0.15) is 11.6 Å². The Morgan fingerprint density at radius 3 is 2.95 bits per heavy atom. The second-order valence-corrected chi connectivity index (χ2v) is 4.56. The molecule has 0 saturated carbocycles. The van der Waals surface area contributed by atoms with Crippen LogP contribution in [0.5, 0.6) is 0 Å². The molecule has 0 bridgehead atoms. The summed E-state index contributed by atoms with van der Waals surface area (Å²) in [5.74, 6) is 3.08. The summed E-state index contributed by atoms with van der Waals surface area (Å²) < 4.78 is 11.1. The maximum atomic E-state index is 5.61. The lowest BCUT2D eigenvalue weighted by Gasteiger charge is -2.19. The van der Waals surface area contributed by atoms with E-state index < -0.39 is 0 Å². The minimum atomic E-state index is 0.579. The monoisotopic (exact) mass is 259 g/mol. The van der Waals surface area contributed by atoms with Gasteiger partial charge in [0.2, 0.25) is 0 Å². The van der Waals surface area contributed by atoms with Crippen molar-refractivity contribution in [2.45, 2.75) is 26.9 Å². The zero-order valence-electron chi connectivity index (χ0n) is 11.2. The van der Waals surface area contributed by atoms with Crippen LogP contribution in [0.3, 0.4) is 0 Å². The van der Waals surface area contributed by atoms with Crippen molar-refractivity contribution in [2.75, 3.05) is 18.5 Å². The lowest BCUT2D eigenvalue weighted by Crippen LogP contribution is -2.17. The number of aromatic nitrogens is 2. The van der Waals surface area contributed by atoms with Gasteiger partial charge in [0.15, 0.2) is 11.6 Å². The van der Waals surface area contributed by atoms with Gasteiger partial charge in [0.05, 0.1) is 18.9 Å². The zero-order valence-corrected chi connectivity index (χ0v) is 11.2. The second kappa shape index (κ2) is 5.01. The highest BCUT2D eigenvalue weighted by molar-refractivity contribution is 5.56. The van der Waals surface area contributed by atoms with Gasteiger partial charge < -0.3 is 14.5 Å². The molecule has 0 amide bonds. The third-order valence-corrected chi connectivity index (χ3v) is 3.13. The number of ether oxygens (including phenoxy) is 1. The smallest absolute Gasteiger partial charge is 0.197 e. The van der Waals surface area contributed by atoms with E-state index in [1.54, 1.807) is 0 Å². The van der Waals surface area contributed by atoms with Crippen molar-refractivity contribution in [3.63, 3.8) is 0 Å². The van der Waals surface area contributed by atoms with Crippen molar-refractivity contribution in [2.24, 2.45) is 0 Å².